The molecule has 0 saturated heterocycles. The van der Waals surface area contributed by atoms with E-state index in [4.69, 9.17) is 4.74 Å². The summed E-state index contributed by atoms with van der Waals surface area (Å²) in [5.74, 6) is 0.998. The van der Waals surface area contributed by atoms with E-state index in [1.165, 1.54) is 0 Å². The Hall–Kier alpha value is -2.16. The van der Waals surface area contributed by atoms with Crippen molar-refractivity contribution in [2.24, 2.45) is 0 Å². The molecule has 0 aliphatic heterocycles. The number of ether oxygens (including phenoxy) is 1. The largest absolute Gasteiger partial charge is 0.498 e. The van der Waals surface area contributed by atoms with Crippen LogP contribution in [-0.2, 0) is 14.9 Å². The van der Waals surface area contributed by atoms with Crippen molar-refractivity contribution < 1.29 is 9.53 Å². The molecule has 0 saturated carbocycles. The predicted molar refractivity (Wildman–Crippen MR) is 87.7 cm³/mol. The first-order valence-corrected chi connectivity index (χ1v) is 7.79. The minimum absolute atomic E-state index is 0.152. The number of rotatable bonds is 3. The maximum Gasteiger partial charge on any atom is 0.172 e. The third-order valence-electron chi connectivity index (χ3n) is 4.66. The molecule has 22 heavy (non-hydrogen) atoms. The number of carbonyl (C=O) groups is 1. The van der Waals surface area contributed by atoms with Crippen molar-refractivity contribution in [3.63, 3.8) is 0 Å². The van der Waals surface area contributed by atoms with Gasteiger partial charge in [0.05, 0.1) is 17.5 Å². The van der Waals surface area contributed by atoms with Gasteiger partial charge in [-0.1, -0.05) is 18.2 Å². The molecule has 1 atom stereocenters. The van der Waals surface area contributed by atoms with Crippen molar-refractivity contribution in [3.8, 4) is 0 Å². The first kappa shape index (κ1) is 14.8. The summed E-state index contributed by atoms with van der Waals surface area (Å²) in [6.07, 6.45) is 3.41. The van der Waals surface area contributed by atoms with Crippen LogP contribution in [0, 0.1) is 0 Å². The topological polar surface area (TPSA) is 39.2 Å². The average Bonchev–Trinajstić information content (AvgIpc) is 2.55. The van der Waals surface area contributed by atoms with Gasteiger partial charge in [-0.05, 0) is 44.9 Å². The van der Waals surface area contributed by atoms with E-state index in [-0.39, 0.29) is 5.78 Å². The van der Waals surface area contributed by atoms with Crippen LogP contribution in [-0.4, -0.2) is 17.4 Å². The number of hydrogen-bond donors (Lipinski definition) is 0. The highest BCUT2D eigenvalue weighted by atomic mass is 16.5. The van der Waals surface area contributed by atoms with Crippen molar-refractivity contribution >= 4 is 16.7 Å². The normalized spacial score (nSPS) is 22.2. The molecule has 114 valence electrons. The van der Waals surface area contributed by atoms with Gasteiger partial charge in [0, 0.05) is 23.6 Å². The molecule has 0 amide bonds. The third-order valence-corrected chi connectivity index (χ3v) is 4.66. The molecular weight excluding hydrogens is 274 g/mol. The Labute approximate surface area is 131 Å². The first-order valence-electron chi connectivity index (χ1n) is 7.79. The molecule has 1 aromatic carbocycles. The molecule has 1 unspecified atom stereocenters. The van der Waals surface area contributed by atoms with E-state index in [9.17, 15) is 4.79 Å². The van der Waals surface area contributed by atoms with Crippen LogP contribution in [0.2, 0.25) is 0 Å². The van der Waals surface area contributed by atoms with Crippen molar-refractivity contribution in [2.45, 2.75) is 39.0 Å². The number of para-hydroxylation sites is 1. The molecular formula is C19H21NO2. The Morgan fingerprint density at radius 2 is 2.09 bits per heavy atom. The predicted octanol–water partition coefficient (Wildman–Crippen LogP) is 4.17. The van der Waals surface area contributed by atoms with E-state index in [1.54, 1.807) is 0 Å². The lowest BCUT2D eigenvalue weighted by Gasteiger charge is -2.34. The number of benzene rings is 1. The quantitative estimate of drug-likeness (QED) is 0.853. The molecule has 0 spiro atoms. The molecule has 3 nitrogen and oxygen atoms in total. The van der Waals surface area contributed by atoms with E-state index in [0.29, 0.717) is 6.61 Å². The molecule has 0 bridgehead atoms. The van der Waals surface area contributed by atoms with Crippen LogP contribution in [0.5, 0.6) is 0 Å². The number of hydrogen-bond acceptors (Lipinski definition) is 3. The van der Waals surface area contributed by atoms with Gasteiger partial charge in [-0.2, -0.15) is 0 Å². The minimum Gasteiger partial charge on any atom is -0.498 e. The van der Waals surface area contributed by atoms with Gasteiger partial charge >= 0.3 is 0 Å². The minimum atomic E-state index is -0.512. The lowest BCUT2D eigenvalue weighted by atomic mass is 9.70. The summed E-state index contributed by atoms with van der Waals surface area (Å²) < 4.78 is 5.61. The van der Waals surface area contributed by atoms with Crippen molar-refractivity contribution in [2.75, 3.05) is 6.61 Å². The smallest absolute Gasteiger partial charge is 0.172 e. The zero-order chi connectivity index (χ0) is 15.7. The van der Waals surface area contributed by atoms with Crippen LogP contribution in [0.1, 0.15) is 39.2 Å². The first-order chi connectivity index (χ1) is 10.6. The maximum absolute atomic E-state index is 12.9. The SMILES string of the molecule is CCOC1=C(C)C(=O)C(C)(c2cnc3ccccc3c2)CC1. The Balaban J connectivity index is 2.04. The molecule has 3 heteroatoms. The Morgan fingerprint density at radius 1 is 1.32 bits per heavy atom. The van der Waals surface area contributed by atoms with E-state index in [1.807, 2.05) is 51.2 Å². The number of allylic oxidation sites excluding steroid dienone is 2. The second-order valence-corrected chi connectivity index (χ2v) is 6.06. The number of pyridine rings is 1. The second-order valence-electron chi connectivity index (χ2n) is 6.06. The maximum atomic E-state index is 12.9. The Bertz CT molecular complexity index is 763. The Kier molecular flexibility index (Phi) is 3.73. The van der Waals surface area contributed by atoms with Gasteiger partial charge in [-0.25, -0.2) is 0 Å². The van der Waals surface area contributed by atoms with Crippen LogP contribution in [0.4, 0.5) is 0 Å². The van der Waals surface area contributed by atoms with Gasteiger partial charge in [0.25, 0.3) is 0 Å². The molecule has 0 N–H and O–H groups in total. The summed E-state index contributed by atoms with van der Waals surface area (Å²) in [5, 5.41) is 1.08. The summed E-state index contributed by atoms with van der Waals surface area (Å²) in [4.78, 5) is 17.4. The zero-order valence-corrected chi connectivity index (χ0v) is 13.3. The van der Waals surface area contributed by atoms with Gasteiger partial charge in [0.1, 0.15) is 5.76 Å². The highest BCUT2D eigenvalue weighted by Gasteiger charge is 2.40. The van der Waals surface area contributed by atoms with Crippen LogP contribution in [0.3, 0.4) is 0 Å². The molecule has 1 aliphatic carbocycles. The molecule has 1 heterocycles. The summed E-state index contributed by atoms with van der Waals surface area (Å²) in [5.41, 5.74) is 2.19. The van der Waals surface area contributed by atoms with Crippen molar-refractivity contribution in [1.29, 1.82) is 0 Å². The molecule has 2 aromatic rings. The number of aromatic nitrogens is 1. The number of Topliss-reactive ketones (excluding diaryl/α,β-unsaturated/α-hetero) is 1. The van der Waals surface area contributed by atoms with Crippen LogP contribution in [0.25, 0.3) is 10.9 Å². The van der Waals surface area contributed by atoms with E-state index < -0.39 is 5.41 Å². The number of fused-ring (bicyclic) bond motifs is 1. The fourth-order valence-corrected chi connectivity index (χ4v) is 3.21. The number of carbonyl (C=O) groups excluding carboxylic acids is 1. The van der Waals surface area contributed by atoms with E-state index >= 15 is 0 Å². The molecule has 0 fully saturated rings. The van der Waals surface area contributed by atoms with Gasteiger partial charge < -0.3 is 4.74 Å². The lowest BCUT2D eigenvalue weighted by Crippen LogP contribution is -2.37. The van der Waals surface area contributed by atoms with Crippen molar-refractivity contribution in [3.05, 3.63) is 53.4 Å². The summed E-state index contributed by atoms with van der Waals surface area (Å²) in [6, 6.07) is 10.1. The average molecular weight is 295 g/mol. The van der Waals surface area contributed by atoms with Gasteiger partial charge in [-0.15, -0.1) is 0 Å². The van der Waals surface area contributed by atoms with Gasteiger partial charge in [-0.3, -0.25) is 9.78 Å². The second kappa shape index (κ2) is 5.56. The highest BCUT2D eigenvalue weighted by Crippen LogP contribution is 2.39. The molecule has 1 aliphatic rings. The lowest BCUT2D eigenvalue weighted by molar-refractivity contribution is -0.121. The molecule has 3 rings (SSSR count). The van der Waals surface area contributed by atoms with Crippen LogP contribution in [0.15, 0.2) is 47.9 Å². The zero-order valence-electron chi connectivity index (χ0n) is 13.3. The van der Waals surface area contributed by atoms with Gasteiger partial charge in [0.2, 0.25) is 0 Å². The van der Waals surface area contributed by atoms with Crippen molar-refractivity contribution in [1.82, 2.24) is 4.98 Å². The number of nitrogens with zero attached hydrogens (tertiary/aromatic N) is 1. The Morgan fingerprint density at radius 3 is 2.86 bits per heavy atom. The fourth-order valence-electron chi connectivity index (χ4n) is 3.21. The van der Waals surface area contributed by atoms with E-state index in [2.05, 4.69) is 11.1 Å². The fraction of sp³-hybridized carbons (Fsp3) is 0.368. The standard InChI is InChI=1S/C19H21NO2/c1-4-22-17-9-10-19(3,18(21)13(17)2)15-11-14-7-5-6-8-16(14)20-12-15/h5-8,11-12H,4,9-10H2,1-3H3. The van der Waals surface area contributed by atoms with Crippen LogP contribution >= 0.6 is 0 Å². The summed E-state index contributed by atoms with van der Waals surface area (Å²) in [7, 11) is 0. The third kappa shape index (κ3) is 2.31. The number of ketones is 1. The summed E-state index contributed by atoms with van der Waals surface area (Å²) in [6.45, 7) is 6.45. The van der Waals surface area contributed by atoms with E-state index in [0.717, 1.165) is 40.6 Å². The summed E-state index contributed by atoms with van der Waals surface area (Å²) >= 11 is 0. The highest BCUT2D eigenvalue weighted by molar-refractivity contribution is 6.04. The molecule has 0 radical (unpaired) electrons. The van der Waals surface area contributed by atoms with Gasteiger partial charge in [0.15, 0.2) is 5.78 Å². The van der Waals surface area contributed by atoms with Crippen LogP contribution < -0.4 is 0 Å². The monoisotopic (exact) mass is 295 g/mol. The molecule has 1 aromatic heterocycles.